The number of alkyl carbamates (subject to hydrolysis) is 1. The zero-order chi connectivity index (χ0) is 26.6. The normalized spacial score (nSPS) is 19.9. The van der Waals surface area contributed by atoms with Crippen LogP contribution in [0.3, 0.4) is 0 Å². The number of carbonyl (C=O) groups is 4. The highest BCUT2D eigenvalue weighted by Gasteiger charge is 2.33. The Labute approximate surface area is 223 Å². The van der Waals surface area contributed by atoms with Gasteiger partial charge in [-0.3, -0.25) is 9.59 Å². The average molecular weight is 536 g/mol. The van der Waals surface area contributed by atoms with Gasteiger partial charge in [-0.05, 0) is 42.9 Å². The van der Waals surface area contributed by atoms with Crippen molar-refractivity contribution in [2.45, 2.75) is 63.5 Å². The highest BCUT2D eigenvalue weighted by atomic mass is 35.5. The molecule has 1 aromatic rings. The Balaban J connectivity index is 1.66. The lowest BCUT2D eigenvalue weighted by molar-refractivity contribution is -0.131. The maximum Gasteiger partial charge on any atom is 0.406 e. The molecule has 1 heterocycles. The molecule has 3 atom stereocenters. The number of benzene rings is 1. The molecule has 2 fully saturated rings. The van der Waals surface area contributed by atoms with Crippen molar-refractivity contribution in [2.75, 3.05) is 33.4 Å². The van der Waals surface area contributed by atoms with Crippen molar-refractivity contribution in [3.63, 3.8) is 0 Å². The number of piperidine rings is 1. The Morgan fingerprint density at radius 1 is 1.16 bits per heavy atom. The summed E-state index contributed by atoms with van der Waals surface area (Å²) in [5, 5.41) is 6.04. The fourth-order valence-electron chi connectivity index (χ4n) is 5.37. The summed E-state index contributed by atoms with van der Waals surface area (Å²) in [4.78, 5) is 49.9. The Morgan fingerprint density at radius 2 is 1.95 bits per heavy atom. The molecule has 3 amide bonds. The van der Waals surface area contributed by atoms with Gasteiger partial charge in [-0.15, -0.1) is 0 Å². The van der Waals surface area contributed by atoms with Gasteiger partial charge < -0.3 is 25.0 Å². The molecular formula is C27H38ClN3O6. The SMILES string of the molecule is COC(=O)NCCOC(c1cccc(Cl)c1)C1CCCN(C(=O)NC(CC2CCCCC2)C(=O)C=O)C1. The van der Waals surface area contributed by atoms with Gasteiger partial charge in [0.1, 0.15) is 0 Å². The van der Waals surface area contributed by atoms with Gasteiger partial charge in [-0.1, -0.05) is 55.8 Å². The zero-order valence-corrected chi connectivity index (χ0v) is 22.2. The second kappa shape index (κ2) is 14.9. The van der Waals surface area contributed by atoms with Gasteiger partial charge in [0.2, 0.25) is 5.78 Å². The first kappa shape index (κ1) is 28.9. The number of nitrogens with one attached hydrogen (secondary N) is 2. The van der Waals surface area contributed by atoms with E-state index in [0.717, 1.165) is 44.1 Å². The van der Waals surface area contributed by atoms with E-state index >= 15 is 0 Å². The number of Topliss-reactive ketones (excluding diaryl/α,β-unsaturated/α-hetero) is 1. The van der Waals surface area contributed by atoms with E-state index in [4.69, 9.17) is 16.3 Å². The molecule has 1 aromatic carbocycles. The molecule has 0 bridgehead atoms. The van der Waals surface area contributed by atoms with Crippen LogP contribution < -0.4 is 10.6 Å². The lowest BCUT2D eigenvalue weighted by atomic mass is 9.84. The molecule has 1 aliphatic heterocycles. The summed E-state index contributed by atoms with van der Waals surface area (Å²) in [5.74, 6) is -0.253. The van der Waals surface area contributed by atoms with Crippen molar-refractivity contribution in [2.24, 2.45) is 11.8 Å². The summed E-state index contributed by atoms with van der Waals surface area (Å²) < 4.78 is 10.8. The highest BCUT2D eigenvalue weighted by molar-refractivity contribution is 6.30. The maximum atomic E-state index is 13.2. The Morgan fingerprint density at radius 3 is 2.65 bits per heavy atom. The monoisotopic (exact) mass is 535 g/mol. The predicted octanol–water partition coefficient (Wildman–Crippen LogP) is 4.28. The molecule has 2 aliphatic rings. The number of halogens is 1. The van der Waals surface area contributed by atoms with E-state index in [9.17, 15) is 19.2 Å². The number of hydrogen-bond acceptors (Lipinski definition) is 6. The lowest BCUT2D eigenvalue weighted by Crippen LogP contribution is -2.52. The molecule has 1 aliphatic carbocycles. The number of urea groups is 1. The largest absolute Gasteiger partial charge is 0.453 e. The van der Waals surface area contributed by atoms with E-state index in [-0.39, 0.29) is 31.2 Å². The molecular weight excluding hydrogens is 498 g/mol. The van der Waals surface area contributed by atoms with E-state index in [2.05, 4.69) is 15.4 Å². The summed E-state index contributed by atoms with van der Waals surface area (Å²) >= 11 is 6.25. The minimum absolute atomic E-state index is 0.0188. The van der Waals surface area contributed by atoms with Crippen molar-refractivity contribution in [1.29, 1.82) is 0 Å². The van der Waals surface area contributed by atoms with Crippen LogP contribution in [0.25, 0.3) is 0 Å². The Bertz CT molecular complexity index is 923. The van der Waals surface area contributed by atoms with Crippen LogP contribution in [0, 0.1) is 11.8 Å². The van der Waals surface area contributed by atoms with E-state index < -0.39 is 17.9 Å². The first-order valence-corrected chi connectivity index (χ1v) is 13.5. The van der Waals surface area contributed by atoms with E-state index in [1.54, 1.807) is 11.0 Å². The van der Waals surface area contributed by atoms with Crippen LogP contribution in [-0.2, 0) is 19.1 Å². The minimum atomic E-state index is -0.794. The first-order chi connectivity index (χ1) is 17.9. The highest BCUT2D eigenvalue weighted by Crippen LogP contribution is 2.34. The lowest BCUT2D eigenvalue weighted by Gasteiger charge is -2.38. The smallest absolute Gasteiger partial charge is 0.406 e. The molecule has 3 unspecified atom stereocenters. The topological polar surface area (TPSA) is 114 Å². The summed E-state index contributed by atoms with van der Waals surface area (Å²) in [6.07, 6.45) is 7.03. The van der Waals surface area contributed by atoms with Crippen molar-refractivity contribution < 1.29 is 28.7 Å². The number of nitrogens with zero attached hydrogens (tertiary/aromatic N) is 1. The molecule has 3 rings (SSSR count). The molecule has 0 spiro atoms. The third kappa shape index (κ3) is 9.00. The summed E-state index contributed by atoms with van der Waals surface area (Å²) in [6.45, 7) is 1.52. The molecule has 1 saturated carbocycles. The number of methoxy groups -OCH3 is 1. The average Bonchev–Trinajstić information content (AvgIpc) is 2.92. The summed E-state index contributed by atoms with van der Waals surface area (Å²) in [7, 11) is 1.30. The first-order valence-electron chi connectivity index (χ1n) is 13.1. The van der Waals surface area contributed by atoms with Crippen molar-refractivity contribution >= 4 is 35.8 Å². The molecule has 10 heteroatoms. The van der Waals surface area contributed by atoms with Gasteiger partial charge in [-0.2, -0.15) is 0 Å². The fourth-order valence-corrected chi connectivity index (χ4v) is 5.56. The zero-order valence-electron chi connectivity index (χ0n) is 21.5. The molecule has 37 heavy (non-hydrogen) atoms. The van der Waals surface area contributed by atoms with E-state index in [1.165, 1.54) is 13.5 Å². The number of likely N-dealkylation sites (tertiary alicyclic amines) is 1. The fraction of sp³-hybridized carbons (Fsp3) is 0.630. The van der Waals surface area contributed by atoms with Crippen LogP contribution in [0.15, 0.2) is 24.3 Å². The summed E-state index contributed by atoms with van der Waals surface area (Å²) in [5.41, 5.74) is 0.893. The van der Waals surface area contributed by atoms with Crippen molar-refractivity contribution in [3.8, 4) is 0 Å². The third-order valence-electron chi connectivity index (χ3n) is 7.26. The van der Waals surface area contributed by atoms with Crippen LogP contribution in [0.5, 0.6) is 0 Å². The van der Waals surface area contributed by atoms with Gasteiger partial charge >= 0.3 is 12.1 Å². The number of hydrogen-bond donors (Lipinski definition) is 2. The summed E-state index contributed by atoms with van der Waals surface area (Å²) in [6, 6.07) is 6.30. The van der Waals surface area contributed by atoms with Crippen molar-refractivity contribution in [1.82, 2.24) is 15.5 Å². The Kier molecular flexibility index (Phi) is 11.7. The second-order valence-electron chi connectivity index (χ2n) is 9.88. The van der Waals surface area contributed by atoms with Gasteiger partial charge in [0.25, 0.3) is 0 Å². The van der Waals surface area contributed by atoms with Gasteiger partial charge in [0.15, 0.2) is 6.29 Å². The molecule has 0 radical (unpaired) electrons. The third-order valence-corrected chi connectivity index (χ3v) is 7.49. The minimum Gasteiger partial charge on any atom is -0.453 e. The predicted molar refractivity (Wildman–Crippen MR) is 139 cm³/mol. The molecule has 204 valence electrons. The quantitative estimate of drug-likeness (QED) is 0.248. The second-order valence-corrected chi connectivity index (χ2v) is 10.3. The molecule has 2 N–H and O–H groups in total. The number of rotatable bonds is 11. The number of aldehydes is 1. The molecule has 1 saturated heterocycles. The van der Waals surface area contributed by atoms with Crippen LogP contribution in [0.2, 0.25) is 5.02 Å². The van der Waals surface area contributed by atoms with Crippen LogP contribution in [0.4, 0.5) is 9.59 Å². The number of carbonyl (C=O) groups excluding carboxylic acids is 4. The molecule has 9 nitrogen and oxygen atoms in total. The Hall–Kier alpha value is -2.65. The van der Waals surface area contributed by atoms with E-state index in [1.807, 2.05) is 18.2 Å². The van der Waals surface area contributed by atoms with Crippen LogP contribution in [0.1, 0.15) is 63.0 Å². The van der Waals surface area contributed by atoms with Crippen LogP contribution in [-0.4, -0.2) is 68.5 Å². The van der Waals surface area contributed by atoms with Crippen molar-refractivity contribution in [3.05, 3.63) is 34.9 Å². The molecule has 0 aromatic heterocycles. The van der Waals surface area contributed by atoms with Gasteiger partial charge in [0, 0.05) is 30.6 Å². The number of amides is 3. The number of ketones is 1. The maximum absolute atomic E-state index is 13.2. The van der Waals surface area contributed by atoms with Crippen LogP contribution >= 0.6 is 11.6 Å². The number of ether oxygens (including phenoxy) is 2. The standard InChI is InChI=1S/C27H38ClN3O6/c1-36-27(35)29-12-14-37-25(20-9-5-11-22(28)16-20)21-10-6-13-31(17-21)26(34)30-23(24(33)18-32)15-19-7-3-2-4-8-19/h5,9,11,16,18-19,21,23,25H,2-4,6-8,10,12-15,17H2,1H3,(H,29,35)(H,30,34). The van der Waals surface area contributed by atoms with Gasteiger partial charge in [-0.25, -0.2) is 9.59 Å². The van der Waals surface area contributed by atoms with Gasteiger partial charge in [0.05, 0.1) is 25.9 Å². The van der Waals surface area contributed by atoms with E-state index in [0.29, 0.717) is 36.7 Å².